The Morgan fingerprint density at radius 2 is 0.958 bits per heavy atom. The summed E-state index contributed by atoms with van der Waals surface area (Å²) in [6, 6.07) is 10.9. The van der Waals surface area contributed by atoms with E-state index in [4.69, 9.17) is 55.2 Å². The molecule has 8 nitrogen and oxygen atoms in total. The number of aromatic nitrogens is 6. The summed E-state index contributed by atoms with van der Waals surface area (Å²) >= 11 is 24.2. The fourth-order valence-electron chi connectivity index (χ4n) is 4.42. The summed E-state index contributed by atoms with van der Waals surface area (Å²) in [5.41, 5.74) is 2.55. The van der Waals surface area contributed by atoms with E-state index in [2.05, 4.69) is 30.4 Å². The SMILES string of the molecule is Cc1cc(Cl)ccc1[C]([Cu+2])(CC(=O)C(C)(C)C)c1nc[nH]n1.Cc1cc(Cl)ccc1[C]([Cu+2])(CC(=O)C(C)(C)C)c1nc[nH]n1.[Cl-].[Cl-].[Cl-].[Cl-]. The molecule has 0 radical (unpaired) electrons. The topological polar surface area (TPSA) is 117 Å². The van der Waals surface area contributed by atoms with E-state index in [1.165, 1.54) is 12.7 Å². The molecular weight excluding hydrogens is 840 g/mol. The Morgan fingerprint density at radius 3 is 1.19 bits per heavy atom. The van der Waals surface area contributed by atoms with Gasteiger partial charge >= 0.3 is 287 Å². The van der Waals surface area contributed by atoms with E-state index in [0.29, 0.717) is 21.7 Å². The van der Waals surface area contributed by atoms with Gasteiger partial charge in [0.2, 0.25) is 0 Å². The van der Waals surface area contributed by atoms with Gasteiger partial charge in [0, 0.05) is 0 Å². The summed E-state index contributed by atoms with van der Waals surface area (Å²) in [5.74, 6) is 0.984. The zero-order valence-electron chi connectivity index (χ0n) is 27.5. The summed E-state index contributed by atoms with van der Waals surface area (Å²) in [6.45, 7) is 15.2. The van der Waals surface area contributed by atoms with E-state index in [0.717, 1.165) is 22.3 Å². The third-order valence-electron chi connectivity index (χ3n) is 7.15. The fraction of sp³-hybridized carbons (Fsp3) is 0.438. The van der Waals surface area contributed by atoms with Crippen molar-refractivity contribution < 1.29 is 91.2 Å². The van der Waals surface area contributed by atoms with Crippen molar-refractivity contribution in [3.8, 4) is 0 Å². The maximum absolute atomic E-state index is 12.6. The van der Waals surface area contributed by atoms with Crippen LogP contribution in [0.4, 0.5) is 0 Å². The summed E-state index contributed by atoms with van der Waals surface area (Å²) in [7, 11) is 0. The van der Waals surface area contributed by atoms with Gasteiger partial charge in [-0.05, 0) is 0 Å². The third-order valence-corrected chi connectivity index (χ3v) is 8.88. The molecule has 0 amide bonds. The first-order chi connectivity index (χ1) is 20.3. The maximum Gasteiger partial charge on any atom is -1.00 e. The minimum atomic E-state index is -1.02. The van der Waals surface area contributed by atoms with Crippen molar-refractivity contribution in [1.29, 1.82) is 0 Å². The Labute approximate surface area is 334 Å². The Hall–Kier alpha value is -1.16. The number of H-pyrrole nitrogens is 2. The summed E-state index contributed by atoms with van der Waals surface area (Å²) in [4.78, 5) is 33.5. The van der Waals surface area contributed by atoms with Gasteiger partial charge in [0.05, 0.1) is 0 Å². The predicted octanol–water partition coefficient (Wildman–Crippen LogP) is -4.86. The minimum absolute atomic E-state index is 0. The zero-order chi connectivity index (χ0) is 33.1. The molecule has 2 heterocycles. The Balaban J connectivity index is 0. The van der Waals surface area contributed by atoms with Gasteiger partial charge in [-0.15, -0.1) is 0 Å². The number of hydrogen-bond acceptors (Lipinski definition) is 6. The van der Waals surface area contributed by atoms with E-state index in [9.17, 15) is 9.59 Å². The predicted molar refractivity (Wildman–Crippen MR) is 165 cm³/mol. The summed E-state index contributed by atoms with van der Waals surface area (Å²) in [5, 5.41) is 14.9. The second-order valence-electron chi connectivity index (χ2n) is 12.7. The number of Topliss-reactive ketones (excluding diaryl/α,β-unsaturated/α-hetero) is 2. The molecule has 0 bridgehead atoms. The van der Waals surface area contributed by atoms with E-state index in [1.54, 1.807) is 12.1 Å². The zero-order valence-corrected chi connectivity index (χ0v) is 33.9. The molecular formula is C32H38Cl6Cu2N6O2. The molecule has 0 saturated carbocycles. The van der Waals surface area contributed by atoms with Crippen LogP contribution < -0.4 is 49.6 Å². The van der Waals surface area contributed by atoms with Crippen LogP contribution in [0.3, 0.4) is 0 Å². The molecule has 2 unspecified atom stereocenters. The van der Waals surface area contributed by atoms with Gasteiger partial charge in [0.25, 0.3) is 0 Å². The molecule has 0 aliphatic heterocycles. The van der Waals surface area contributed by atoms with Crippen LogP contribution >= 0.6 is 23.2 Å². The van der Waals surface area contributed by atoms with E-state index in [1.807, 2.05) is 79.7 Å². The largest absolute Gasteiger partial charge is 1.00 e. The van der Waals surface area contributed by atoms with Crippen molar-refractivity contribution >= 4 is 34.8 Å². The number of carbonyl (C=O) groups excluding carboxylic acids is 2. The molecule has 0 fully saturated rings. The number of carbonyl (C=O) groups is 2. The molecule has 272 valence electrons. The Bertz CT molecular complexity index is 1490. The molecule has 4 rings (SSSR count). The number of hydrogen-bond donors (Lipinski definition) is 2. The van der Waals surface area contributed by atoms with Gasteiger partial charge in [-0.2, -0.15) is 0 Å². The van der Waals surface area contributed by atoms with Crippen LogP contribution in [0.15, 0.2) is 49.1 Å². The maximum atomic E-state index is 12.6. The van der Waals surface area contributed by atoms with Gasteiger partial charge in [0.15, 0.2) is 0 Å². The average molecular weight is 879 g/mol. The van der Waals surface area contributed by atoms with Gasteiger partial charge in [0.1, 0.15) is 0 Å². The number of aryl methyl sites for hydroxylation is 2. The van der Waals surface area contributed by atoms with Crippen LogP contribution in [0, 0.1) is 24.7 Å². The summed E-state index contributed by atoms with van der Waals surface area (Å²) < 4.78 is -2.04. The first-order valence-electron chi connectivity index (χ1n) is 13.9. The number of nitrogens with one attached hydrogen (secondary N) is 2. The second-order valence-corrected chi connectivity index (χ2v) is 15.2. The van der Waals surface area contributed by atoms with Crippen LogP contribution in [0.1, 0.15) is 88.3 Å². The Morgan fingerprint density at radius 1 is 0.646 bits per heavy atom. The number of rotatable bonds is 8. The normalized spacial score (nSPS) is 13.5. The molecule has 2 N–H and O–H groups in total. The smallest absolute Gasteiger partial charge is 1.00 e. The standard InChI is InChI=1S/2C16H19ClN3O.4ClH.2Cu/c2*1-10-7-11(17)5-6-12(10)13(15-18-9-19-20-15)8-14(21)16(2,3)4;;;;;;/h2*5-7,9H,8H2,1-4H3,(H,18,19,20);4*1H;;/q;;;;;;2*+2/p-4. The molecule has 0 aliphatic carbocycles. The molecule has 48 heavy (non-hydrogen) atoms. The van der Waals surface area contributed by atoms with Crippen LogP contribution in [-0.4, -0.2) is 41.9 Å². The Kier molecular flexibility index (Phi) is 19.8. The first-order valence-corrected chi connectivity index (χ1v) is 15.6. The van der Waals surface area contributed by atoms with E-state index in [-0.39, 0.29) is 74.0 Å². The molecule has 2 aromatic carbocycles. The average Bonchev–Trinajstić information content (AvgIpc) is 3.63. The molecule has 0 saturated heterocycles. The molecule has 2 aromatic heterocycles. The van der Waals surface area contributed by atoms with Gasteiger partial charge in [-0.25, -0.2) is 0 Å². The van der Waals surface area contributed by atoms with Crippen LogP contribution in [0.5, 0.6) is 0 Å². The monoisotopic (exact) mass is 874 g/mol. The van der Waals surface area contributed by atoms with Crippen LogP contribution in [0.25, 0.3) is 0 Å². The molecule has 0 spiro atoms. The van der Waals surface area contributed by atoms with Crippen molar-refractivity contribution in [2.45, 2.75) is 76.9 Å². The van der Waals surface area contributed by atoms with Crippen molar-refractivity contribution in [3.05, 3.63) is 93.0 Å². The number of benzene rings is 2. The molecule has 16 heteroatoms. The van der Waals surface area contributed by atoms with Gasteiger partial charge in [-0.1, -0.05) is 0 Å². The third kappa shape index (κ3) is 12.0. The fourth-order valence-corrected chi connectivity index (χ4v) is 5.93. The van der Waals surface area contributed by atoms with Crippen LogP contribution in [-0.2, 0) is 50.2 Å². The van der Waals surface area contributed by atoms with Crippen molar-refractivity contribution in [3.63, 3.8) is 0 Å². The number of ketones is 2. The second kappa shape index (κ2) is 19.4. The van der Waals surface area contributed by atoms with Gasteiger partial charge < -0.3 is 49.6 Å². The van der Waals surface area contributed by atoms with E-state index < -0.39 is 19.5 Å². The number of halogens is 6. The van der Waals surface area contributed by atoms with Crippen molar-refractivity contribution in [2.24, 2.45) is 10.8 Å². The number of aromatic amines is 2. The quantitative estimate of drug-likeness (QED) is 0.172. The van der Waals surface area contributed by atoms with Crippen LogP contribution in [0.2, 0.25) is 10.0 Å². The van der Waals surface area contributed by atoms with E-state index >= 15 is 0 Å². The number of nitrogens with zero attached hydrogens (tertiary/aromatic N) is 4. The van der Waals surface area contributed by atoms with Crippen molar-refractivity contribution in [1.82, 2.24) is 30.4 Å². The molecule has 0 aliphatic rings. The van der Waals surface area contributed by atoms with Gasteiger partial charge in [-0.3, -0.25) is 0 Å². The minimum Gasteiger partial charge on any atom is -1.00 e. The first kappa shape index (κ1) is 49.0. The summed E-state index contributed by atoms with van der Waals surface area (Å²) in [6.07, 6.45) is 3.24. The molecule has 2 atom stereocenters. The molecule has 4 aromatic rings. The van der Waals surface area contributed by atoms with Crippen molar-refractivity contribution in [2.75, 3.05) is 0 Å².